The van der Waals surface area contributed by atoms with E-state index in [0.29, 0.717) is 24.1 Å². The summed E-state index contributed by atoms with van der Waals surface area (Å²) in [6.45, 7) is 2.96. The Kier molecular flexibility index (Phi) is 4.12. The predicted molar refractivity (Wildman–Crippen MR) is 89.9 cm³/mol. The Morgan fingerprint density at radius 2 is 2.00 bits per heavy atom. The molecule has 0 unspecified atom stereocenters. The summed E-state index contributed by atoms with van der Waals surface area (Å²) < 4.78 is 6.01. The number of ether oxygens (including phenoxy) is 1. The van der Waals surface area contributed by atoms with Crippen LogP contribution < -0.4 is 5.32 Å². The molecule has 0 saturated carbocycles. The van der Waals surface area contributed by atoms with Crippen LogP contribution in [0.5, 0.6) is 0 Å². The zero-order valence-corrected chi connectivity index (χ0v) is 13.7. The number of rotatable bonds is 5. The molecule has 0 radical (unpaired) electrons. The first-order valence-corrected chi connectivity index (χ1v) is 8.54. The molecule has 3 atom stereocenters. The average molecular weight is 323 g/mol. The van der Waals surface area contributed by atoms with Gasteiger partial charge in [0.25, 0.3) is 0 Å². The molecule has 2 fully saturated rings. The van der Waals surface area contributed by atoms with E-state index in [1.807, 2.05) is 19.1 Å². The quantitative estimate of drug-likeness (QED) is 0.855. The fraction of sp³-hybridized carbons (Fsp3) is 0.421. The smallest absolute Gasteiger partial charge is 0.170 e. The third-order valence-corrected chi connectivity index (χ3v) is 4.85. The number of hydrogen-bond acceptors (Lipinski definition) is 5. The number of carbonyl (C=O) groups is 1. The number of morpholine rings is 1. The van der Waals surface area contributed by atoms with Crippen LogP contribution in [0.2, 0.25) is 0 Å². The number of carbonyl (C=O) groups excluding carboxylic acids is 1. The van der Waals surface area contributed by atoms with Gasteiger partial charge in [-0.1, -0.05) is 31.2 Å². The van der Waals surface area contributed by atoms with E-state index in [4.69, 9.17) is 4.74 Å². The van der Waals surface area contributed by atoms with Gasteiger partial charge in [-0.25, -0.2) is 9.97 Å². The summed E-state index contributed by atoms with van der Waals surface area (Å²) in [6, 6.07) is 8.61. The lowest BCUT2D eigenvalue weighted by Crippen LogP contribution is -2.33. The second-order valence-electron chi connectivity index (χ2n) is 6.51. The molecule has 0 aliphatic carbocycles. The van der Waals surface area contributed by atoms with Gasteiger partial charge in [0.1, 0.15) is 5.82 Å². The molecule has 1 N–H and O–H groups in total. The van der Waals surface area contributed by atoms with Gasteiger partial charge in [-0.15, -0.1) is 0 Å². The van der Waals surface area contributed by atoms with Crippen LogP contribution in [0.3, 0.4) is 0 Å². The molecular formula is C19H21N3O2. The van der Waals surface area contributed by atoms with Gasteiger partial charge < -0.3 is 10.1 Å². The van der Waals surface area contributed by atoms with Gasteiger partial charge in [-0.3, -0.25) is 4.79 Å². The van der Waals surface area contributed by atoms with Crippen LogP contribution in [0.1, 0.15) is 46.8 Å². The highest BCUT2D eigenvalue weighted by Gasteiger charge is 2.41. The molecule has 5 heteroatoms. The van der Waals surface area contributed by atoms with Gasteiger partial charge in [0, 0.05) is 37.8 Å². The van der Waals surface area contributed by atoms with E-state index in [1.165, 1.54) is 5.56 Å². The fourth-order valence-electron chi connectivity index (χ4n) is 3.47. The first-order valence-electron chi connectivity index (χ1n) is 8.54. The second kappa shape index (κ2) is 6.42. The van der Waals surface area contributed by atoms with E-state index in [1.54, 1.807) is 12.4 Å². The lowest BCUT2D eigenvalue weighted by atomic mass is 9.99. The van der Waals surface area contributed by atoms with Crippen molar-refractivity contribution in [1.29, 1.82) is 0 Å². The lowest BCUT2D eigenvalue weighted by Gasteiger charge is -2.23. The Morgan fingerprint density at radius 1 is 1.25 bits per heavy atom. The fourth-order valence-corrected chi connectivity index (χ4v) is 3.47. The number of ketones is 1. The van der Waals surface area contributed by atoms with Gasteiger partial charge in [0.05, 0.1) is 17.8 Å². The Morgan fingerprint density at radius 3 is 2.58 bits per heavy atom. The number of fused-ring (bicyclic) bond motifs is 2. The first-order chi connectivity index (χ1) is 11.7. The Bertz CT molecular complexity index is 727. The number of nitrogens with zero attached hydrogens (tertiary/aromatic N) is 2. The average Bonchev–Trinajstić information content (AvgIpc) is 3.26. The Balaban J connectivity index is 1.42. The van der Waals surface area contributed by atoms with Crippen LogP contribution in [0.25, 0.3) is 0 Å². The van der Waals surface area contributed by atoms with E-state index >= 15 is 0 Å². The minimum Gasteiger partial charge on any atom is -0.367 e. The molecule has 0 amide bonds. The minimum absolute atomic E-state index is 0.0447. The largest absolute Gasteiger partial charge is 0.367 e. The van der Waals surface area contributed by atoms with Crippen molar-refractivity contribution in [3.8, 4) is 0 Å². The molecule has 3 heterocycles. The number of benzene rings is 1. The maximum absolute atomic E-state index is 12.3. The molecule has 2 aliphatic rings. The highest BCUT2D eigenvalue weighted by atomic mass is 16.5. The molecular weight excluding hydrogens is 302 g/mol. The summed E-state index contributed by atoms with van der Waals surface area (Å²) in [6.07, 6.45) is 5.98. The summed E-state index contributed by atoms with van der Waals surface area (Å²) >= 11 is 0. The first kappa shape index (κ1) is 15.4. The number of aromatic nitrogens is 2. The SMILES string of the molecule is CCc1ncc(C(=O)Cc2ccc([C@H]3O[C@@H]4CN[C@H]3C4)cc2)cn1. The van der Waals surface area contributed by atoms with Gasteiger partial charge in [-0.2, -0.15) is 0 Å². The molecule has 1 aromatic heterocycles. The number of aryl methyl sites for hydroxylation is 1. The third-order valence-electron chi connectivity index (χ3n) is 4.85. The van der Waals surface area contributed by atoms with Gasteiger partial charge in [0.2, 0.25) is 0 Å². The van der Waals surface area contributed by atoms with Crippen molar-refractivity contribution >= 4 is 5.78 Å². The van der Waals surface area contributed by atoms with Crippen molar-refractivity contribution in [3.63, 3.8) is 0 Å². The van der Waals surface area contributed by atoms with Crippen LogP contribution in [0.15, 0.2) is 36.7 Å². The predicted octanol–water partition coefficient (Wildman–Crippen LogP) is 2.27. The Hall–Kier alpha value is -2.11. The van der Waals surface area contributed by atoms with E-state index < -0.39 is 0 Å². The maximum Gasteiger partial charge on any atom is 0.170 e. The zero-order chi connectivity index (χ0) is 16.5. The zero-order valence-electron chi connectivity index (χ0n) is 13.7. The number of nitrogens with one attached hydrogen (secondary N) is 1. The van der Waals surface area contributed by atoms with Crippen molar-refractivity contribution in [1.82, 2.24) is 15.3 Å². The summed E-state index contributed by atoms with van der Waals surface area (Å²) in [5.41, 5.74) is 2.75. The Labute approximate surface area is 141 Å². The van der Waals surface area contributed by atoms with Crippen molar-refractivity contribution in [2.75, 3.05) is 6.54 Å². The van der Waals surface area contributed by atoms with E-state index in [2.05, 4.69) is 27.4 Å². The van der Waals surface area contributed by atoms with Crippen LogP contribution in [0, 0.1) is 0 Å². The van der Waals surface area contributed by atoms with Gasteiger partial charge >= 0.3 is 0 Å². The minimum atomic E-state index is 0.0447. The van der Waals surface area contributed by atoms with Crippen molar-refractivity contribution in [2.24, 2.45) is 0 Å². The highest BCUT2D eigenvalue weighted by Crippen LogP contribution is 2.36. The summed E-state index contributed by atoms with van der Waals surface area (Å²) in [7, 11) is 0. The maximum atomic E-state index is 12.3. The van der Waals surface area contributed by atoms with E-state index in [9.17, 15) is 4.79 Å². The summed E-state index contributed by atoms with van der Waals surface area (Å²) in [5, 5.41) is 3.49. The molecule has 2 saturated heterocycles. The van der Waals surface area contributed by atoms with Gasteiger partial charge in [0.15, 0.2) is 5.78 Å². The van der Waals surface area contributed by atoms with E-state index in [0.717, 1.165) is 30.8 Å². The van der Waals surface area contributed by atoms with Crippen molar-refractivity contribution < 1.29 is 9.53 Å². The normalized spacial score (nSPS) is 25.1. The topological polar surface area (TPSA) is 64.1 Å². The second-order valence-corrected chi connectivity index (χ2v) is 6.51. The molecule has 24 heavy (non-hydrogen) atoms. The van der Waals surface area contributed by atoms with E-state index in [-0.39, 0.29) is 11.9 Å². The summed E-state index contributed by atoms with van der Waals surface area (Å²) in [5.74, 6) is 0.804. The molecule has 124 valence electrons. The molecule has 2 bridgehead atoms. The molecule has 4 rings (SSSR count). The summed E-state index contributed by atoms with van der Waals surface area (Å²) in [4.78, 5) is 20.7. The number of Topliss-reactive ketones (excluding diaryl/α,β-unsaturated/α-hetero) is 1. The molecule has 1 aromatic carbocycles. The van der Waals surface area contributed by atoms with Crippen molar-refractivity contribution in [2.45, 2.75) is 44.4 Å². The monoisotopic (exact) mass is 323 g/mol. The molecule has 5 nitrogen and oxygen atoms in total. The van der Waals surface area contributed by atoms with Gasteiger partial charge in [-0.05, 0) is 17.5 Å². The number of hydrogen-bond donors (Lipinski definition) is 1. The van der Waals surface area contributed by atoms with Crippen LogP contribution >= 0.6 is 0 Å². The molecule has 0 spiro atoms. The van der Waals surface area contributed by atoms with Crippen LogP contribution in [-0.4, -0.2) is 34.4 Å². The molecule has 2 aromatic rings. The highest BCUT2D eigenvalue weighted by molar-refractivity contribution is 5.96. The lowest BCUT2D eigenvalue weighted by molar-refractivity contribution is 0.0160. The van der Waals surface area contributed by atoms with Crippen LogP contribution in [-0.2, 0) is 17.6 Å². The molecule has 2 aliphatic heterocycles. The van der Waals surface area contributed by atoms with Crippen LogP contribution in [0.4, 0.5) is 0 Å². The standard InChI is InChI=1S/C19H21N3O2/c1-2-18-21-9-14(10-22-18)17(23)7-12-3-5-13(6-4-12)19-16-8-15(24-19)11-20-16/h3-6,9-10,15-16,19-20H,2,7-8,11H2,1H3/t15-,16-,19+/m0/s1. The third kappa shape index (κ3) is 2.97. The van der Waals surface area contributed by atoms with Crippen molar-refractivity contribution in [3.05, 3.63) is 59.2 Å².